The van der Waals surface area contributed by atoms with Crippen molar-refractivity contribution in [2.75, 3.05) is 18.2 Å². The number of benzene rings is 1. The molecule has 0 saturated carbocycles. The van der Waals surface area contributed by atoms with E-state index in [4.69, 9.17) is 0 Å². The molecule has 0 bridgehead atoms. The van der Waals surface area contributed by atoms with Crippen LogP contribution in [0.3, 0.4) is 0 Å². The summed E-state index contributed by atoms with van der Waals surface area (Å²) >= 11 is -1.91. The summed E-state index contributed by atoms with van der Waals surface area (Å²) in [4.78, 5) is 13.0. The quantitative estimate of drug-likeness (QED) is 0.797. The molecule has 1 aromatic carbocycles. The van der Waals surface area contributed by atoms with Crippen LogP contribution in [0.2, 0.25) is 0 Å². The number of hydrogen-bond acceptors (Lipinski definition) is 5. The molecule has 1 amide bonds. The number of anilines is 1. The van der Waals surface area contributed by atoms with Crippen LogP contribution in [0.1, 0.15) is 21.6 Å². The molecule has 0 aliphatic carbocycles. The Hall–Kier alpha value is -2.07. The number of rotatable bonds is 3. The summed E-state index contributed by atoms with van der Waals surface area (Å²) in [7, 11) is 1.38. The molecule has 2 rings (SSSR count). The van der Waals surface area contributed by atoms with Crippen molar-refractivity contribution < 1.29 is 27.1 Å². The first-order valence-electron chi connectivity index (χ1n) is 6.24. The normalized spacial score (nSPS) is 13.0. The molecule has 23 heavy (non-hydrogen) atoms. The van der Waals surface area contributed by atoms with Gasteiger partial charge in [-0.3, -0.25) is 9.69 Å². The second-order valence-electron chi connectivity index (χ2n) is 4.70. The van der Waals surface area contributed by atoms with Crippen molar-refractivity contribution in [1.29, 1.82) is 0 Å². The summed E-state index contributed by atoms with van der Waals surface area (Å²) in [6, 6.07) is 2.74. The molecule has 6 nitrogen and oxygen atoms in total. The maximum absolute atomic E-state index is 12.9. The van der Waals surface area contributed by atoms with Crippen LogP contribution in [0.5, 0.6) is 0 Å². The Balaban J connectivity index is 2.42. The van der Waals surface area contributed by atoms with Gasteiger partial charge in [0.05, 0.1) is 0 Å². The monoisotopic (exact) mass is 347 g/mol. The Labute approximate surface area is 132 Å². The van der Waals surface area contributed by atoms with Crippen LogP contribution in [0.4, 0.5) is 19.0 Å². The molecule has 2 aromatic rings. The minimum absolute atomic E-state index is 0.0481. The van der Waals surface area contributed by atoms with E-state index in [9.17, 15) is 22.5 Å². The van der Waals surface area contributed by atoms with Crippen LogP contribution in [0.15, 0.2) is 27.7 Å². The lowest BCUT2D eigenvalue weighted by Crippen LogP contribution is -2.27. The number of amides is 1. The molecule has 1 unspecified atom stereocenters. The van der Waals surface area contributed by atoms with Gasteiger partial charge in [-0.15, -0.1) is 0 Å². The SMILES string of the molecule is Cc1nonc1N(C)C(=O)c1ccc(C(F)(F)F)c([S+](C)[O-])c1. The molecule has 0 aliphatic heterocycles. The van der Waals surface area contributed by atoms with E-state index >= 15 is 0 Å². The van der Waals surface area contributed by atoms with Gasteiger partial charge in [-0.2, -0.15) is 13.2 Å². The third kappa shape index (κ3) is 3.48. The molecule has 0 fully saturated rings. The summed E-state index contributed by atoms with van der Waals surface area (Å²) in [6.45, 7) is 1.56. The van der Waals surface area contributed by atoms with E-state index in [1.807, 2.05) is 0 Å². The highest BCUT2D eigenvalue weighted by molar-refractivity contribution is 7.90. The maximum atomic E-state index is 12.9. The summed E-state index contributed by atoms with van der Waals surface area (Å²) in [5.41, 5.74) is -0.725. The summed E-state index contributed by atoms with van der Waals surface area (Å²) in [6.07, 6.45) is -3.53. The first-order valence-corrected chi connectivity index (χ1v) is 7.80. The number of halogens is 3. The maximum Gasteiger partial charge on any atom is 0.421 e. The van der Waals surface area contributed by atoms with E-state index in [2.05, 4.69) is 14.9 Å². The van der Waals surface area contributed by atoms with Crippen LogP contribution < -0.4 is 4.90 Å². The van der Waals surface area contributed by atoms with Crippen LogP contribution in [0, 0.1) is 6.92 Å². The second kappa shape index (κ2) is 6.20. The number of carbonyl (C=O) groups is 1. The largest absolute Gasteiger partial charge is 0.612 e. The van der Waals surface area contributed by atoms with Crippen LogP contribution >= 0.6 is 0 Å². The predicted molar refractivity (Wildman–Crippen MR) is 75.5 cm³/mol. The number of carbonyl (C=O) groups excluding carboxylic acids is 1. The molecule has 0 saturated heterocycles. The van der Waals surface area contributed by atoms with E-state index < -0.39 is 33.7 Å². The van der Waals surface area contributed by atoms with Gasteiger partial charge in [0.2, 0.25) is 5.82 Å². The molecule has 1 atom stereocenters. The van der Waals surface area contributed by atoms with Crippen LogP contribution in [-0.4, -0.2) is 34.1 Å². The first-order chi connectivity index (χ1) is 10.6. The van der Waals surface area contributed by atoms with Crippen molar-refractivity contribution in [2.45, 2.75) is 18.0 Å². The van der Waals surface area contributed by atoms with Gasteiger partial charge in [0.15, 0.2) is 4.90 Å². The van der Waals surface area contributed by atoms with E-state index in [0.29, 0.717) is 5.69 Å². The number of nitrogens with zero attached hydrogens (tertiary/aromatic N) is 3. The Morgan fingerprint density at radius 3 is 2.48 bits per heavy atom. The zero-order chi connectivity index (χ0) is 17.4. The lowest BCUT2D eigenvalue weighted by atomic mass is 10.1. The lowest BCUT2D eigenvalue weighted by Gasteiger charge is -2.17. The Bertz CT molecular complexity index is 731. The van der Waals surface area contributed by atoms with E-state index in [1.165, 1.54) is 7.05 Å². The Morgan fingerprint density at radius 2 is 2.00 bits per heavy atom. The molecule has 1 heterocycles. The average Bonchev–Trinajstić information content (AvgIpc) is 2.90. The van der Waals surface area contributed by atoms with Gasteiger partial charge in [-0.25, -0.2) is 4.63 Å². The van der Waals surface area contributed by atoms with Gasteiger partial charge in [0.25, 0.3) is 5.91 Å². The molecular weight excluding hydrogens is 335 g/mol. The highest BCUT2D eigenvalue weighted by Gasteiger charge is 2.37. The molecule has 124 valence electrons. The third-order valence-electron chi connectivity index (χ3n) is 3.09. The fourth-order valence-electron chi connectivity index (χ4n) is 1.95. The fraction of sp³-hybridized carbons (Fsp3) is 0.308. The molecule has 0 aliphatic rings. The lowest BCUT2D eigenvalue weighted by molar-refractivity contribution is -0.139. The summed E-state index contributed by atoms with van der Waals surface area (Å²) < 4.78 is 54.8. The fourth-order valence-corrected chi connectivity index (χ4v) is 2.73. The van der Waals surface area contributed by atoms with E-state index in [-0.39, 0.29) is 11.4 Å². The molecule has 0 radical (unpaired) electrons. The third-order valence-corrected chi connectivity index (χ3v) is 4.05. The minimum Gasteiger partial charge on any atom is -0.612 e. The van der Waals surface area contributed by atoms with Gasteiger partial charge in [0, 0.05) is 18.7 Å². The van der Waals surface area contributed by atoms with E-state index in [0.717, 1.165) is 29.4 Å². The number of aryl methyl sites for hydroxylation is 1. The number of alkyl halides is 3. The molecule has 1 aromatic heterocycles. The van der Waals surface area contributed by atoms with Crippen molar-refractivity contribution >= 4 is 22.9 Å². The van der Waals surface area contributed by atoms with Gasteiger partial charge < -0.3 is 4.55 Å². The van der Waals surface area contributed by atoms with Crippen molar-refractivity contribution in [1.82, 2.24) is 10.3 Å². The minimum atomic E-state index is -4.65. The van der Waals surface area contributed by atoms with Gasteiger partial charge in [0.1, 0.15) is 17.5 Å². The molecular formula is C13H12F3N3O3S. The molecule has 0 spiro atoms. The Kier molecular flexibility index (Phi) is 4.66. The predicted octanol–water partition coefficient (Wildman–Crippen LogP) is 2.41. The van der Waals surface area contributed by atoms with Crippen molar-refractivity contribution in [2.24, 2.45) is 0 Å². The topological polar surface area (TPSA) is 82.3 Å². The second-order valence-corrected chi connectivity index (χ2v) is 6.05. The standard InChI is InChI=1S/C13H12F3N3O3S/c1-7-11(18-22-17-7)19(2)12(20)8-4-5-9(13(14,15)16)10(6-8)23(3)21/h4-6H,1-3H3. The van der Waals surface area contributed by atoms with Crippen molar-refractivity contribution in [3.8, 4) is 0 Å². The van der Waals surface area contributed by atoms with Crippen molar-refractivity contribution in [3.05, 3.63) is 35.0 Å². The number of aromatic nitrogens is 2. The molecule has 10 heteroatoms. The zero-order valence-corrected chi connectivity index (χ0v) is 13.2. The zero-order valence-electron chi connectivity index (χ0n) is 12.3. The highest BCUT2D eigenvalue weighted by Crippen LogP contribution is 2.35. The smallest absolute Gasteiger partial charge is 0.421 e. The van der Waals surface area contributed by atoms with E-state index in [1.54, 1.807) is 6.92 Å². The van der Waals surface area contributed by atoms with Gasteiger partial charge in [-0.1, -0.05) is 5.16 Å². The number of hydrogen-bond donors (Lipinski definition) is 0. The summed E-state index contributed by atoms with van der Waals surface area (Å²) in [5.74, 6) is -0.474. The highest BCUT2D eigenvalue weighted by atomic mass is 32.2. The van der Waals surface area contributed by atoms with Gasteiger partial charge in [-0.05, 0) is 35.4 Å². The summed E-state index contributed by atoms with van der Waals surface area (Å²) in [5, 5.41) is 7.08. The molecule has 0 N–H and O–H groups in total. The van der Waals surface area contributed by atoms with Crippen LogP contribution in [0.25, 0.3) is 0 Å². The average molecular weight is 347 g/mol. The van der Waals surface area contributed by atoms with Gasteiger partial charge >= 0.3 is 6.18 Å². The Morgan fingerprint density at radius 1 is 1.35 bits per heavy atom. The van der Waals surface area contributed by atoms with Crippen LogP contribution in [-0.2, 0) is 17.4 Å². The first kappa shape index (κ1) is 17.3. The van der Waals surface area contributed by atoms with Crippen molar-refractivity contribution in [3.63, 3.8) is 0 Å².